The van der Waals surface area contributed by atoms with Crippen LogP contribution in [0.5, 0.6) is 0 Å². The van der Waals surface area contributed by atoms with Gasteiger partial charge in [0.05, 0.1) is 18.4 Å². The third-order valence-electron chi connectivity index (χ3n) is 3.73. The van der Waals surface area contributed by atoms with Gasteiger partial charge in [0.2, 0.25) is 0 Å². The number of para-hydroxylation sites is 1. The zero-order valence-corrected chi connectivity index (χ0v) is 12.4. The SMILES string of the molecule is CNC(C)c1ccn(Cc2cnn(-c3ccccc3)c2)c1. The van der Waals surface area contributed by atoms with Crippen molar-refractivity contribution in [1.82, 2.24) is 19.7 Å². The molecule has 0 fully saturated rings. The number of rotatable bonds is 5. The van der Waals surface area contributed by atoms with E-state index in [2.05, 4.69) is 58.7 Å². The molecule has 2 heterocycles. The third-order valence-corrected chi connectivity index (χ3v) is 3.73. The van der Waals surface area contributed by atoms with Gasteiger partial charge in [-0.05, 0) is 37.7 Å². The van der Waals surface area contributed by atoms with E-state index in [9.17, 15) is 0 Å². The zero-order chi connectivity index (χ0) is 14.7. The Morgan fingerprint density at radius 2 is 1.95 bits per heavy atom. The Morgan fingerprint density at radius 1 is 1.14 bits per heavy atom. The maximum absolute atomic E-state index is 4.43. The first-order chi connectivity index (χ1) is 10.3. The van der Waals surface area contributed by atoms with Crippen LogP contribution in [-0.4, -0.2) is 21.4 Å². The highest BCUT2D eigenvalue weighted by molar-refractivity contribution is 5.31. The van der Waals surface area contributed by atoms with Crippen molar-refractivity contribution in [1.29, 1.82) is 0 Å². The highest BCUT2D eigenvalue weighted by Gasteiger charge is 2.06. The van der Waals surface area contributed by atoms with Crippen LogP contribution in [0.1, 0.15) is 24.1 Å². The lowest BCUT2D eigenvalue weighted by Gasteiger charge is -2.06. The number of hydrogen-bond acceptors (Lipinski definition) is 2. The van der Waals surface area contributed by atoms with Crippen LogP contribution in [0.25, 0.3) is 5.69 Å². The molecule has 1 N–H and O–H groups in total. The van der Waals surface area contributed by atoms with Gasteiger partial charge in [0.25, 0.3) is 0 Å². The Hall–Kier alpha value is -2.33. The lowest BCUT2D eigenvalue weighted by molar-refractivity contribution is 0.649. The average Bonchev–Trinajstić information content (AvgIpc) is 3.17. The standard InChI is InChI=1S/C17H20N4/c1-14(18-2)16-8-9-20(13-16)11-15-10-19-21(12-15)17-6-4-3-5-7-17/h3-10,12-14,18H,11H2,1-2H3. The predicted octanol–water partition coefficient (Wildman–Crippen LogP) is 3.00. The van der Waals surface area contributed by atoms with Gasteiger partial charge in [0.15, 0.2) is 0 Å². The molecule has 0 aliphatic carbocycles. The van der Waals surface area contributed by atoms with Gasteiger partial charge in [-0.3, -0.25) is 0 Å². The Balaban J connectivity index is 1.74. The van der Waals surface area contributed by atoms with Crippen molar-refractivity contribution in [2.45, 2.75) is 19.5 Å². The highest BCUT2D eigenvalue weighted by atomic mass is 15.3. The van der Waals surface area contributed by atoms with Crippen molar-refractivity contribution in [2.75, 3.05) is 7.05 Å². The highest BCUT2D eigenvalue weighted by Crippen LogP contribution is 2.14. The van der Waals surface area contributed by atoms with Gasteiger partial charge in [0, 0.05) is 30.2 Å². The van der Waals surface area contributed by atoms with Gasteiger partial charge >= 0.3 is 0 Å². The summed E-state index contributed by atoms with van der Waals surface area (Å²) in [6.45, 7) is 3.00. The molecular weight excluding hydrogens is 260 g/mol. The molecule has 0 amide bonds. The lowest BCUT2D eigenvalue weighted by Crippen LogP contribution is -2.11. The Labute approximate surface area is 125 Å². The first kappa shape index (κ1) is 13.6. The summed E-state index contributed by atoms with van der Waals surface area (Å²) in [4.78, 5) is 0. The molecule has 1 aromatic carbocycles. The van der Waals surface area contributed by atoms with E-state index >= 15 is 0 Å². The van der Waals surface area contributed by atoms with Crippen molar-refractivity contribution >= 4 is 0 Å². The molecule has 21 heavy (non-hydrogen) atoms. The summed E-state index contributed by atoms with van der Waals surface area (Å²) in [5, 5.41) is 7.69. The van der Waals surface area contributed by atoms with E-state index in [-0.39, 0.29) is 0 Å². The molecule has 3 aromatic rings. The van der Waals surface area contributed by atoms with Crippen LogP contribution < -0.4 is 5.32 Å². The minimum atomic E-state index is 0.373. The fraction of sp³-hybridized carbons (Fsp3) is 0.235. The largest absolute Gasteiger partial charge is 0.349 e. The van der Waals surface area contributed by atoms with E-state index in [0.717, 1.165) is 12.2 Å². The molecule has 108 valence electrons. The first-order valence-electron chi connectivity index (χ1n) is 7.18. The Morgan fingerprint density at radius 3 is 2.71 bits per heavy atom. The number of hydrogen-bond donors (Lipinski definition) is 1. The zero-order valence-electron chi connectivity index (χ0n) is 12.4. The van der Waals surface area contributed by atoms with E-state index in [0.29, 0.717) is 6.04 Å². The molecule has 3 rings (SSSR count). The smallest absolute Gasteiger partial charge is 0.0645 e. The Bertz CT molecular complexity index is 696. The number of nitrogens with one attached hydrogen (secondary N) is 1. The van der Waals surface area contributed by atoms with Crippen LogP contribution >= 0.6 is 0 Å². The molecule has 1 atom stereocenters. The third kappa shape index (κ3) is 3.06. The topological polar surface area (TPSA) is 34.8 Å². The van der Waals surface area contributed by atoms with Crippen molar-refractivity contribution in [3.63, 3.8) is 0 Å². The molecule has 1 unspecified atom stereocenters. The molecule has 0 spiro atoms. The lowest BCUT2D eigenvalue weighted by atomic mass is 10.2. The summed E-state index contributed by atoms with van der Waals surface area (Å²) in [5.41, 5.74) is 3.58. The fourth-order valence-corrected chi connectivity index (χ4v) is 2.35. The molecule has 4 heteroatoms. The van der Waals surface area contributed by atoms with Crippen molar-refractivity contribution in [3.05, 3.63) is 72.3 Å². The molecule has 0 saturated carbocycles. The summed E-state index contributed by atoms with van der Waals surface area (Å²) in [6.07, 6.45) is 8.30. The summed E-state index contributed by atoms with van der Waals surface area (Å²) in [5.74, 6) is 0. The monoisotopic (exact) mass is 280 g/mol. The van der Waals surface area contributed by atoms with Gasteiger partial charge in [-0.25, -0.2) is 4.68 Å². The van der Waals surface area contributed by atoms with Crippen LogP contribution in [0.15, 0.2) is 61.2 Å². The van der Waals surface area contributed by atoms with E-state index in [1.807, 2.05) is 36.1 Å². The molecule has 0 bridgehead atoms. The second-order valence-corrected chi connectivity index (χ2v) is 5.26. The summed E-state index contributed by atoms with van der Waals surface area (Å²) in [6, 6.07) is 12.7. The van der Waals surface area contributed by atoms with E-state index in [1.165, 1.54) is 11.1 Å². The first-order valence-corrected chi connectivity index (χ1v) is 7.18. The summed E-state index contributed by atoms with van der Waals surface area (Å²) >= 11 is 0. The number of nitrogens with zero attached hydrogens (tertiary/aromatic N) is 3. The van der Waals surface area contributed by atoms with Crippen LogP contribution in [-0.2, 0) is 6.54 Å². The summed E-state index contributed by atoms with van der Waals surface area (Å²) < 4.78 is 4.10. The maximum Gasteiger partial charge on any atom is 0.0645 e. The van der Waals surface area contributed by atoms with Crippen LogP contribution in [0.3, 0.4) is 0 Å². The van der Waals surface area contributed by atoms with Gasteiger partial charge in [-0.15, -0.1) is 0 Å². The van der Waals surface area contributed by atoms with Gasteiger partial charge in [-0.2, -0.15) is 5.10 Å². The van der Waals surface area contributed by atoms with Crippen LogP contribution in [0, 0.1) is 0 Å². The van der Waals surface area contributed by atoms with E-state index in [4.69, 9.17) is 0 Å². The molecule has 0 radical (unpaired) electrons. The minimum Gasteiger partial charge on any atom is -0.349 e. The second kappa shape index (κ2) is 5.97. The van der Waals surface area contributed by atoms with Crippen molar-refractivity contribution in [2.24, 2.45) is 0 Å². The number of aromatic nitrogens is 3. The van der Waals surface area contributed by atoms with Gasteiger partial charge in [-0.1, -0.05) is 18.2 Å². The fourth-order valence-electron chi connectivity index (χ4n) is 2.35. The maximum atomic E-state index is 4.43. The summed E-state index contributed by atoms with van der Waals surface area (Å²) in [7, 11) is 1.98. The van der Waals surface area contributed by atoms with Crippen molar-refractivity contribution in [3.8, 4) is 5.69 Å². The average molecular weight is 280 g/mol. The number of benzene rings is 1. The molecule has 0 saturated heterocycles. The van der Waals surface area contributed by atoms with E-state index in [1.54, 1.807) is 0 Å². The minimum absolute atomic E-state index is 0.373. The quantitative estimate of drug-likeness (QED) is 0.779. The molecule has 0 aliphatic heterocycles. The molecule has 0 aliphatic rings. The van der Waals surface area contributed by atoms with Gasteiger partial charge < -0.3 is 9.88 Å². The van der Waals surface area contributed by atoms with Crippen LogP contribution in [0.2, 0.25) is 0 Å². The van der Waals surface area contributed by atoms with Crippen LogP contribution in [0.4, 0.5) is 0 Å². The molecule has 4 nitrogen and oxygen atoms in total. The molecular formula is C17H20N4. The van der Waals surface area contributed by atoms with Gasteiger partial charge in [0.1, 0.15) is 0 Å². The normalized spacial score (nSPS) is 12.5. The second-order valence-electron chi connectivity index (χ2n) is 5.26. The molecule has 2 aromatic heterocycles. The predicted molar refractivity (Wildman–Crippen MR) is 84.6 cm³/mol. The van der Waals surface area contributed by atoms with Crippen molar-refractivity contribution < 1.29 is 0 Å². The Kier molecular flexibility index (Phi) is 3.88. The van der Waals surface area contributed by atoms with E-state index < -0.39 is 0 Å².